The Morgan fingerprint density at radius 3 is 1.38 bits per heavy atom. The van der Waals surface area contributed by atoms with Crippen LogP contribution in [0.3, 0.4) is 0 Å². The smallest absolute Gasteiger partial charge is 0.374 e. The topological polar surface area (TPSA) is 111 Å². The Labute approximate surface area is 102 Å². The molecule has 90 valence electrons. The van der Waals surface area contributed by atoms with Gasteiger partial charge in [0.1, 0.15) is 0 Å². The minimum absolute atomic E-state index is 0.219. The number of hydrogen-bond donors (Lipinski definition) is 2. The van der Waals surface area contributed by atoms with Crippen LogP contribution in [0.2, 0.25) is 0 Å². The van der Waals surface area contributed by atoms with Gasteiger partial charge in [0.15, 0.2) is 10.2 Å². The molecule has 0 rings (SSSR count). The number of thiocarbonyl (C=S) groups is 2. The zero-order chi connectivity index (χ0) is 12.9. The fourth-order valence-electron chi connectivity index (χ4n) is 0.413. The molecule has 0 spiro atoms. The zero-order valence-corrected chi connectivity index (χ0v) is 10.1. The van der Waals surface area contributed by atoms with Gasteiger partial charge in [-0.1, -0.05) is 0 Å². The van der Waals surface area contributed by atoms with E-state index < -0.39 is 11.9 Å². The third-order valence-corrected chi connectivity index (χ3v) is 1.74. The van der Waals surface area contributed by atoms with Gasteiger partial charge in [-0.2, -0.15) is 10.1 Å². The fourth-order valence-corrected chi connectivity index (χ4v) is 0.488. The number of nitrogens with zero attached hydrogens (tertiary/aromatic N) is 2. The average Bonchev–Trinajstić information content (AvgIpc) is 2.16. The number of nitrogens with two attached hydrogens (primary N) is 2. The van der Waals surface area contributed by atoms with Crippen LogP contribution < -0.4 is 11.5 Å². The lowest BCUT2D eigenvalue weighted by Crippen LogP contribution is -2.40. The van der Waals surface area contributed by atoms with E-state index in [-0.39, 0.29) is 10.2 Å². The van der Waals surface area contributed by atoms with Gasteiger partial charge in [-0.3, -0.25) is 0 Å². The number of carbonyl (C=O) groups excluding carboxylic acids is 2. The number of rotatable bonds is 0. The van der Waals surface area contributed by atoms with Crippen molar-refractivity contribution in [2.75, 3.05) is 14.1 Å². The van der Waals surface area contributed by atoms with E-state index in [1.165, 1.54) is 14.1 Å². The van der Waals surface area contributed by atoms with Crippen LogP contribution in [0, 0.1) is 0 Å². The summed E-state index contributed by atoms with van der Waals surface area (Å²) >= 11 is 8.95. The molecule has 0 unspecified atom stereocenters. The normalized spacial score (nSPS) is 8.88. The highest BCUT2D eigenvalue weighted by atomic mass is 32.1. The summed E-state index contributed by atoms with van der Waals surface area (Å²) in [4.78, 5) is 30.9. The van der Waals surface area contributed by atoms with Crippen molar-refractivity contribution in [2.45, 2.75) is 0 Å². The van der Waals surface area contributed by atoms with Gasteiger partial charge in [-0.25, -0.2) is 9.59 Å². The van der Waals surface area contributed by atoms with E-state index in [9.17, 15) is 9.59 Å². The molecule has 0 aliphatic heterocycles. The summed E-state index contributed by atoms with van der Waals surface area (Å²) in [5.41, 5.74) is 10.2. The number of hydroxylamine groups is 4. The van der Waals surface area contributed by atoms with Gasteiger partial charge in [-0.15, -0.1) is 0 Å². The molecule has 10 heteroatoms. The fraction of sp³-hybridized carbons (Fsp3) is 0.333. The van der Waals surface area contributed by atoms with Crippen LogP contribution in [0.25, 0.3) is 0 Å². The van der Waals surface area contributed by atoms with Gasteiger partial charge in [0, 0.05) is 14.1 Å². The van der Waals surface area contributed by atoms with E-state index in [1.54, 1.807) is 0 Å². The maximum Gasteiger partial charge on any atom is 0.444 e. The molecule has 0 atom stereocenters. The summed E-state index contributed by atoms with van der Waals surface area (Å²) in [6.45, 7) is 0. The molecule has 0 saturated heterocycles. The van der Waals surface area contributed by atoms with Crippen molar-refractivity contribution in [3.8, 4) is 0 Å². The Balaban J connectivity index is 4.25. The van der Waals surface area contributed by atoms with Crippen LogP contribution in [0.4, 0.5) is 0 Å². The summed E-state index contributed by atoms with van der Waals surface area (Å²) in [5.74, 6) is -2.61. The van der Waals surface area contributed by atoms with Crippen LogP contribution in [0.5, 0.6) is 0 Å². The Morgan fingerprint density at radius 1 is 0.938 bits per heavy atom. The van der Waals surface area contributed by atoms with E-state index in [0.717, 1.165) is 10.1 Å². The van der Waals surface area contributed by atoms with Crippen LogP contribution in [-0.4, -0.2) is 46.4 Å². The highest BCUT2D eigenvalue weighted by Crippen LogP contribution is 1.92. The number of hydrogen-bond acceptors (Lipinski definition) is 6. The molecule has 0 aromatic rings. The summed E-state index contributed by atoms with van der Waals surface area (Å²) < 4.78 is 0. The van der Waals surface area contributed by atoms with Crippen molar-refractivity contribution >= 4 is 46.6 Å². The van der Waals surface area contributed by atoms with Gasteiger partial charge in [0.2, 0.25) is 0 Å². The minimum Gasteiger partial charge on any atom is -0.374 e. The molecule has 4 N–H and O–H groups in total. The summed E-state index contributed by atoms with van der Waals surface area (Å²) in [5, 5.41) is 1.03. The highest BCUT2D eigenvalue weighted by molar-refractivity contribution is 7.80. The predicted molar refractivity (Wildman–Crippen MR) is 61.3 cm³/mol. The average molecular weight is 266 g/mol. The van der Waals surface area contributed by atoms with E-state index >= 15 is 0 Å². The second-order valence-electron chi connectivity index (χ2n) is 2.43. The second-order valence-corrected chi connectivity index (χ2v) is 3.27. The minimum atomic E-state index is -1.31. The lowest BCUT2D eigenvalue weighted by molar-refractivity contribution is -0.196. The first-order valence-electron chi connectivity index (χ1n) is 3.76. The molecule has 8 nitrogen and oxygen atoms in total. The monoisotopic (exact) mass is 266 g/mol. The van der Waals surface area contributed by atoms with Gasteiger partial charge in [0.25, 0.3) is 0 Å². The van der Waals surface area contributed by atoms with Crippen LogP contribution in [0.1, 0.15) is 0 Å². The van der Waals surface area contributed by atoms with Crippen LogP contribution in [0.15, 0.2) is 0 Å². The Hall–Kier alpha value is -1.68. The lowest BCUT2D eigenvalue weighted by Gasteiger charge is -2.17. The van der Waals surface area contributed by atoms with E-state index in [0.29, 0.717) is 0 Å². The summed E-state index contributed by atoms with van der Waals surface area (Å²) in [6.07, 6.45) is 0. The van der Waals surface area contributed by atoms with Gasteiger partial charge in [0.05, 0.1) is 0 Å². The second kappa shape index (κ2) is 6.02. The molecule has 0 aromatic heterocycles. The Kier molecular flexibility index (Phi) is 5.39. The maximum atomic E-state index is 11.1. The van der Waals surface area contributed by atoms with E-state index in [1.807, 2.05) is 0 Å². The molecule has 0 fully saturated rings. The molecule has 0 aliphatic rings. The molecule has 0 saturated carbocycles. The molecule has 0 heterocycles. The van der Waals surface area contributed by atoms with Crippen LogP contribution in [-0.2, 0) is 19.3 Å². The quantitative estimate of drug-likeness (QED) is 0.297. The van der Waals surface area contributed by atoms with Gasteiger partial charge in [-0.05, 0) is 24.4 Å². The molecule has 0 radical (unpaired) electrons. The van der Waals surface area contributed by atoms with Crippen molar-refractivity contribution in [2.24, 2.45) is 11.5 Å². The lowest BCUT2D eigenvalue weighted by atomic mass is 10.7. The first-order valence-corrected chi connectivity index (χ1v) is 4.58. The Morgan fingerprint density at radius 2 is 1.19 bits per heavy atom. The van der Waals surface area contributed by atoms with Crippen LogP contribution >= 0.6 is 24.4 Å². The van der Waals surface area contributed by atoms with Crippen molar-refractivity contribution in [3.05, 3.63) is 0 Å². The predicted octanol–water partition coefficient (Wildman–Crippen LogP) is -1.75. The molecular weight excluding hydrogens is 256 g/mol. The molecule has 16 heavy (non-hydrogen) atoms. The van der Waals surface area contributed by atoms with Crippen molar-refractivity contribution in [1.82, 2.24) is 10.1 Å². The number of carbonyl (C=O) groups is 2. The first-order chi connectivity index (χ1) is 7.25. The largest absolute Gasteiger partial charge is 0.444 e. The molecule has 0 bridgehead atoms. The summed E-state index contributed by atoms with van der Waals surface area (Å²) in [7, 11) is 2.51. The first kappa shape index (κ1) is 14.3. The molecule has 0 aromatic carbocycles. The maximum absolute atomic E-state index is 11.1. The molecular formula is C6H10N4O4S2. The summed E-state index contributed by atoms with van der Waals surface area (Å²) in [6, 6.07) is 0. The Bertz CT molecular complexity index is 302. The third-order valence-electron chi connectivity index (χ3n) is 1.23. The van der Waals surface area contributed by atoms with Crippen molar-refractivity contribution in [3.63, 3.8) is 0 Å². The van der Waals surface area contributed by atoms with Gasteiger partial charge < -0.3 is 21.1 Å². The van der Waals surface area contributed by atoms with Gasteiger partial charge >= 0.3 is 11.9 Å². The van der Waals surface area contributed by atoms with E-state index in [4.69, 9.17) is 11.5 Å². The zero-order valence-electron chi connectivity index (χ0n) is 8.50. The molecule has 0 aliphatic carbocycles. The third kappa shape index (κ3) is 4.70. The van der Waals surface area contributed by atoms with E-state index in [2.05, 4.69) is 34.1 Å². The SMILES string of the molecule is CN(OC(=O)C(=O)ON(C)C(N)=S)C(N)=S. The van der Waals surface area contributed by atoms with Crippen molar-refractivity contribution < 1.29 is 19.3 Å². The van der Waals surface area contributed by atoms with Crippen molar-refractivity contribution in [1.29, 1.82) is 0 Å². The highest BCUT2D eigenvalue weighted by Gasteiger charge is 2.23. The molecule has 0 amide bonds. The standard InChI is InChI=1S/C6H10N4O4S2/c1-9(5(7)15)13-3(11)4(12)14-10(2)6(8)16/h1-2H3,(H2,7,15)(H2,8,16).